The summed E-state index contributed by atoms with van der Waals surface area (Å²) < 4.78 is 11.5. The normalized spacial score (nSPS) is 14.3. The molecule has 1 amide bonds. The van der Waals surface area contributed by atoms with Gasteiger partial charge < -0.3 is 9.47 Å². The van der Waals surface area contributed by atoms with E-state index in [9.17, 15) is 19.7 Å². The minimum absolute atomic E-state index is 0.0373. The van der Waals surface area contributed by atoms with Crippen molar-refractivity contribution in [2.24, 2.45) is 0 Å². The Morgan fingerprint density at radius 2 is 1.86 bits per heavy atom. The molecule has 0 bridgehead atoms. The number of thioether (sulfide) groups is 1. The molecule has 0 atom stereocenters. The van der Waals surface area contributed by atoms with Crippen molar-refractivity contribution in [2.75, 3.05) is 11.5 Å². The van der Waals surface area contributed by atoms with Crippen LogP contribution >= 0.6 is 24.0 Å². The van der Waals surface area contributed by atoms with Crippen LogP contribution < -0.4 is 14.4 Å². The van der Waals surface area contributed by atoms with Crippen molar-refractivity contribution in [3.8, 4) is 11.5 Å². The largest absolute Gasteiger partial charge is 0.490 e. The SMILES string of the molecule is CCOc1cc(/C=C2/SC(=S)N(c3ccccc3)C2=O)ccc1OC(=O)c1cccc([N+](=O)[O-])c1. The molecular formula is C25H18N2O6S2. The van der Waals surface area contributed by atoms with Gasteiger partial charge in [-0.3, -0.25) is 19.8 Å². The molecule has 1 aliphatic heterocycles. The standard InChI is InChI=1S/C25H18N2O6S2/c1-2-32-21-13-16(14-22-23(28)26(25(34)35-22)18-8-4-3-5-9-18)11-12-20(21)33-24(29)17-7-6-10-19(15-17)27(30)31/h3-15H,2H2,1H3/b22-14+. The number of carbonyl (C=O) groups excluding carboxylic acids is 2. The van der Waals surface area contributed by atoms with Gasteiger partial charge in [0.1, 0.15) is 0 Å². The second-order valence-electron chi connectivity index (χ2n) is 7.19. The highest BCUT2D eigenvalue weighted by Gasteiger charge is 2.33. The van der Waals surface area contributed by atoms with Gasteiger partial charge in [-0.1, -0.05) is 54.3 Å². The number of hydrogen-bond donors (Lipinski definition) is 0. The summed E-state index contributed by atoms with van der Waals surface area (Å²) >= 11 is 6.60. The zero-order valence-electron chi connectivity index (χ0n) is 18.4. The second kappa shape index (κ2) is 10.5. The molecule has 0 unspecified atom stereocenters. The number of nitro benzene ring substituents is 1. The Morgan fingerprint density at radius 1 is 1.09 bits per heavy atom. The van der Waals surface area contributed by atoms with Gasteiger partial charge in [0, 0.05) is 12.1 Å². The van der Waals surface area contributed by atoms with Crippen LogP contribution in [0.1, 0.15) is 22.8 Å². The Morgan fingerprint density at radius 3 is 2.57 bits per heavy atom. The predicted molar refractivity (Wildman–Crippen MR) is 138 cm³/mol. The van der Waals surface area contributed by atoms with E-state index in [0.29, 0.717) is 32.8 Å². The molecule has 35 heavy (non-hydrogen) atoms. The fraction of sp³-hybridized carbons (Fsp3) is 0.0800. The lowest BCUT2D eigenvalue weighted by Crippen LogP contribution is -2.27. The Kier molecular flexibility index (Phi) is 7.23. The Balaban J connectivity index is 1.58. The Labute approximate surface area is 210 Å². The molecule has 0 aliphatic carbocycles. The number of anilines is 1. The third-order valence-corrected chi connectivity index (χ3v) is 6.17. The van der Waals surface area contributed by atoms with Crippen LogP contribution in [0.5, 0.6) is 11.5 Å². The van der Waals surface area contributed by atoms with Gasteiger partial charge in [0.25, 0.3) is 11.6 Å². The van der Waals surface area contributed by atoms with Crippen LogP contribution in [0.25, 0.3) is 6.08 Å². The fourth-order valence-corrected chi connectivity index (χ4v) is 4.59. The zero-order valence-corrected chi connectivity index (χ0v) is 20.0. The predicted octanol–water partition coefficient (Wildman–Crippen LogP) is 5.62. The number of amides is 1. The van der Waals surface area contributed by atoms with E-state index in [0.717, 1.165) is 6.07 Å². The minimum Gasteiger partial charge on any atom is -0.490 e. The van der Waals surface area contributed by atoms with Crippen molar-refractivity contribution in [1.82, 2.24) is 0 Å². The van der Waals surface area contributed by atoms with Gasteiger partial charge in [-0.15, -0.1) is 0 Å². The van der Waals surface area contributed by atoms with E-state index in [4.69, 9.17) is 21.7 Å². The van der Waals surface area contributed by atoms with Crippen molar-refractivity contribution in [3.63, 3.8) is 0 Å². The van der Waals surface area contributed by atoms with Crippen LogP contribution in [0.15, 0.2) is 77.7 Å². The summed E-state index contributed by atoms with van der Waals surface area (Å²) in [6, 6.07) is 19.3. The van der Waals surface area contributed by atoms with Crippen LogP contribution in [0.2, 0.25) is 0 Å². The Hall–Kier alpha value is -4.02. The molecule has 0 radical (unpaired) electrons. The summed E-state index contributed by atoms with van der Waals surface area (Å²) in [5.41, 5.74) is 1.16. The maximum atomic E-state index is 13.0. The number of para-hydroxylation sites is 1. The first-order valence-electron chi connectivity index (χ1n) is 10.4. The van der Waals surface area contributed by atoms with E-state index in [1.807, 2.05) is 30.3 Å². The summed E-state index contributed by atoms with van der Waals surface area (Å²) in [6.45, 7) is 2.09. The first-order valence-corrected chi connectivity index (χ1v) is 11.7. The van der Waals surface area contributed by atoms with Gasteiger partial charge in [0.05, 0.1) is 27.7 Å². The lowest BCUT2D eigenvalue weighted by atomic mass is 10.1. The summed E-state index contributed by atoms with van der Waals surface area (Å²) in [7, 11) is 0. The quantitative estimate of drug-likeness (QED) is 0.102. The molecule has 0 saturated carbocycles. The smallest absolute Gasteiger partial charge is 0.343 e. The zero-order chi connectivity index (χ0) is 24.9. The number of thiocarbonyl (C=S) groups is 1. The summed E-state index contributed by atoms with van der Waals surface area (Å²) in [4.78, 5) is 37.9. The van der Waals surface area contributed by atoms with Crippen molar-refractivity contribution < 1.29 is 24.0 Å². The fourth-order valence-electron chi connectivity index (χ4n) is 3.29. The van der Waals surface area contributed by atoms with E-state index in [-0.39, 0.29) is 22.9 Å². The molecule has 0 spiro atoms. The topological polar surface area (TPSA) is 99.0 Å². The third kappa shape index (κ3) is 5.39. The number of rotatable bonds is 7. The van der Waals surface area contributed by atoms with Gasteiger partial charge in [-0.05, 0) is 48.9 Å². The summed E-state index contributed by atoms with van der Waals surface area (Å²) in [5.74, 6) is -0.549. The van der Waals surface area contributed by atoms with Crippen molar-refractivity contribution >= 4 is 57.6 Å². The number of nitrogens with zero attached hydrogens (tertiary/aromatic N) is 2. The van der Waals surface area contributed by atoms with Crippen LogP contribution in [0.4, 0.5) is 11.4 Å². The lowest BCUT2D eigenvalue weighted by molar-refractivity contribution is -0.384. The Bertz CT molecular complexity index is 1360. The third-order valence-electron chi connectivity index (χ3n) is 4.87. The van der Waals surface area contributed by atoms with Crippen LogP contribution in [-0.2, 0) is 4.79 Å². The molecule has 8 nitrogen and oxygen atoms in total. The van der Waals surface area contributed by atoms with Crippen molar-refractivity contribution in [1.29, 1.82) is 0 Å². The minimum atomic E-state index is -0.758. The average molecular weight is 507 g/mol. The van der Waals surface area contributed by atoms with Crippen molar-refractivity contribution in [2.45, 2.75) is 6.92 Å². The first-order chi connectivity index (χ1) is 16.9. The summed E-state index contributed by atoms with van der Waals surface area (Å²) in [5, 5.41) is 11.0. The molecule has 4 rings (SSSR count). The molecular weight excluding hydrogens is 488 g/mol. The van der Waals surface area contributed by atoms with Gasteiger partial charge >= 0.3 is 5.97 Å². The van der Waals surface area contributed by atoms with Gasteiger partial charge in [-0.25, -0.2) is 4.79 Å². The molecule has 1 saturated heterocycles. The van der Waals surface area contributed by atoms with Gasteiger partial charge in [-0.2, -0.15) is 0 Å². The monoisotopic (exact) mass is 506 g/mol. The molecule has 1 fully saturated rings. The number of nitro groups is 1. The molecule has 176 valence electrons. The maximum absolute atomic E-state index is 13.0. The second-order valence-corrected chi connectivity index (χ2v) is 8.86. The van der Waals surface area contributed by atoms with E-state index < -0.39 is 10.9 Å². The molecule has 0 aromatic heterocycles. The molecule has 0 N–H and O–H groups in total. The van der Waals surface area contributed by atoms with Crippen LogP contribution in [0, 0.1) is 10.1 Å². The molecule has 10 heteroatoms. The first kappa shape index (κ1) is 24.1. The maximum Gasteiger partial charge on any atom is 0.343 e. The molecule has 1 heterocycles. The molecule has 3 aromatic rings. The molecule has 1 aliphatic rings. The van der Waals surface area contributed by atoms with Crippen LogP contribution in [-0.4, -0.2) is 27.7 Å². The van der Waals surface area contributed by atoms with Gasteiger partial charge in [0.15, 0.2) is 15.8 Å². The van der Waals surface area contributed by atoms with E-state index in [1.165, 1.54) is 34.9 Å². The highest BCUT2D eigenvalue weighted by Crippen LogP contribution is 2.37. The van der Waals surface area contributed by atoms with Crippen LogP contribution in [0.3, 0.4) is 0 Å². The highest BCUT2D eigenvalue weighted by atomic mass is 32.2. The number of ether oxygens (including phenoxy) is 2. The number of hydrogen-bond acceptors (Lipinski definition) is 8. The summed E-state index contributed by atoms with van der Waals surface area (Å²) in [6.07, 6.45) is 1.69. The molecule has 3 aromatic carbocycles. The average Bonchev–Trinajstić information content (AvgIpc) is 3.13. The van der Waals surface area contributed by atoms with E-state index in [1.54, 1.807) is 31.2 Å². The van der Waals surface area contributed by atoms with E-state index >= 15 is 0 Å². The number of esters is 1. The van der Waals surface area contributed by atoms with E-state index in [2.05, 4.69) is 0 Å². The van der Waals surface area contributed by atoms with Gasteiger partial charge in [0.2, 0.25) is 0 Å². The number of benzene rings is 3. The number of carbonyl (C=O) groups is 2. The highest BCUT2D eigenvalue weighted by molar-refractivity contribution is 8.27. The number of non-ortho nitro benzene ring substituents is 1. The lowest BCUT2D eigenvalue weighted by Gasteiger charge is -2.14. The van der Waals surface area contributed by atoms with Crippen molar-refractivity contribution in [3.05, 3.63) is 98.9 Å².